The number of aryl methyl sites for hydroxylation is 1. The number of esters is 1. The molecule has 4 heteroatoms. The number of fused-ring (bicyclic) bond motifs is 1. The van der Waals surface area contributed by atoms with Crippen LogP contribution in [-0.2, 0) is 16.0 Å². The summed E-state index contributed by atoms with van der Waals surface area (Å²) in [6.07, 6.45) is 0.214. The summed E-state index contributed by atoms with van der Waals surface area (Å²) >= 11 is 0. The number of aliphatic hydroxyl groups is 1. The van der Waals surface area contributed by atoms with Crippen LogP contribution in [0.2, 0.25) is 0 Å². The average Bonchev–Trinajstić information content (AvgIpc) is 2.33. The maximum atomic E-state index is 12.2. The number of benzene rings is 1. The molecule has 0 heterocycles. The van der Waals surface area contributed by atoms with E-state index in [1.54, 1.807) is 26.0 Å². The summed E-state index contributed by atoms with van der Waals surface area (Å²) in [5, 5.41) is 10.3. The minimum Gasteiger partial charge on any atom is -0.460 e. The molecule has 0 aromatic heterocycles. The number of carbonyl (C=O) groups is 2. The fraction of sp³-hybridized carbons (Fsp3) is 0.429. The fourth-order valence-corrected chi connectivity index (χ4v) is 2.12. The Labute approximate surface area is 106 Å². The van der Waals surface area contributed by atoms with E-state index in [-0.39, 0.29) is 12.5 Å². The van der Waals surface area contributed by atoms with Crippen LogP contribution in [0, 0.1) is 0 Å². The lowest BCUT2D eigenvalue weighted by Gasteiger charge is -2.30. The fourth-order valence-electron chi connectivity index (χ4n) is 2.12. The van der Waals surface area contributed by atoms with Gasteiger partial charge in [0.2, 0.25) is 11.4 Å². The first-order valence-electron chi connectivity index (χ1n) is 6.01. The highest BCUT2D eigenvalue weighted by Gasteiger charge is 2.48. The third-order valence-corrected chi connectivity index (χ3v) is 3.07. The Bertz CT molecular complexity index is 492. The number of hydrogen-bond acceptors (Lipinski definition) is 4. The lowest BCUT2D eigenvalue weighted by atomic mass is 9.79. The first kappa shape index (κ1) is 12.8. The van der Waals surface area contributed by atoms with E-state index in [0.29, 0.717) is 12.0 Å². The van der Waals surface area contributed by atoms with E-state index < -0.39 is 17.4 Å². The van der Waals surface area contributed by atoms with Crippen LogP contribution in [0.3, 0.4) is 0 Å². The monoisotopic (exact) mass is 248 g/mol. The van der Waals surface area contributed by atoms with Gasteiger partial charge in [0, 0.05) is 5.56 Å². The zero-order chi connectivity index (χ0) is 13.3. The van der Waals surface area contributed by atoms with Crippen LogP contribution in [-0.4, -0.2) is 28.6 Å². The molecule has 1 aliphatic carbocycles. The molecule has 0 bridgehead atoms. The Morgan fingerprint density at radius 1 is 1.39 bits per heavy atom. The molecule has 0 saturated carbocycles. The zero-order valence-corrected chi connectivity index (χ0v) is 10.5. The molecule has 0 spiro atoms. The number of Topliss-reactive ketones (excluding diaryl/α,β-unsaturated/α-hetero) is 1. The molecule has 2 rings (SSSR count). The van der Waals surface area contributed by atoms with Gasteiger partial charge >= 0.3 is 5.97 Å². The van der Waals surface area contributed by atoms with Gasteiger partial charge < -0.3 is 9.84 Å². The van der Waals surface area contributed by atoms with Gasteiger partial charge in [0.05, 0.1) is 6.10 Å². The Morgan fingerprint density at radius 2 is 2.06 bits per heavy atom. The van der Waals surface area contributed by atoms with E-state index in [1.165, 1.54) is 0 Å². The van der Waals surface area contributed by atoms with Crippen LogP contribution < -0.4 is 0 Å². The standard InChI is InChI=1S/C14H16O4/c1-9(2)18-13(16)14(17)8-7-10-5-3-4-6-11(10)12(14)15/h3-6,9,17H,7-8H2,1-2H3/t14-/m0/s1. The summed E-state index contributed by atoms with van der Waals surface area (Å²) in [6.45, 7) is 3.37. The lowest BCUT2D eigenvalue weighted by Crippen LogP contribution is -2.51. The maximum absolute atomic E-state index is 12.2. The molecule has 4 nitrogen and oxygen atoms in total. The van der Waals surface area contributed by atoms with Gasteiger partial charge in [-0.25, -0.2) is 4.79 Å². The van der Waals surface area contributed by atoms with Gasteiger partial charge in [-0.15, -0.1) is 0 Å². The second kappa shape index (κ2) is 4.53. The minimum atomic E-state index is -2.03. The van der Waals surface area contributed by atoms with Crippen LogP contribution >= 0.6 is 0 Å². The van der Waals surface area contributed by atoms with Gasteiger partial charge in [0.1, 0.15) is 0 Å². The highest BCUT2D eigenvalue weighted by molar-refractivity contribution is 6.16. The topological polar surface area (TPSA) is 63.6 Å². The molecule has 0 radical (unpaired) electrons. The average molecular weight is 248 g/mol. The number of carbonyl (C=O) groups excluding carboxylic acids is 2. The number of hydrogen-bond donors (Lipinski definition) is 1. The molecular weight excluding hydrogens is 232 g/mol. The Balaban J connectivity index is 2.33. The van der Waals surface area contributed by atoms with Crippen LogP contribution in [0.5, 0.6) is 0 Å². The van der Waals surface area contributed by atoms with Crippen LogP contribution in [0.15, 0.2) is 24.3 Å². The van der Waals surface area contributed by atoms with Crippen molar-refractivity contribution >= 4 is 11.8 Å². The summed E-state index contributed by atoms with van der Waals surface area (Å²) in [6, 6.07) is 7.02. The quantitative estimate of drug-likeness (QED) is 0.636. The lowest BCUT2D eigenvalue weighted by molar-refractivity contribution is -0.165. The molecule has 96 valence electrons. The minimum absolute atomic E-state index is 0.0778. The Hall–Kier alpha value is -1.68. The third kappa shape index (κ3) is 2.04. The molecule has 0 amide bonds. The van der Waals surface area contributed by atoms with E-state index >= 15 is 0 Å². The van der Waals surface area contributed by atoms with E-state index in [9.17, 15) is 14.7 Å². The van der Waals surface area contributed by atoms with Crippen molar-refractivity contribution < 1.29 is 19.4 Å². The van der Waals surface area contributed by atoms with Crippen LogP contribution in [0.25, 0.3) is 0 Å². The predicted octanol–water partition coefficient (Wildman–Crippen LogP) is 1.50. The Morgan fingerprint density at radius 3 is 2.72 bits per heavy atom. The summed E-state index contributed by atoms with van der Waals surface area (Å²) in [5.74, 6) is -1.41. The van der Waals surface area contributed by atoms with Crippen molar-refractivity contribution in [3.63, 3.8) is 0 Å². The smallest absolute Gasteiger partial charge is 0.346 e. The van der Waals surface area contributed by atoms with Crippen molar-refractivity contribution in [1.29, 1.82) is 0 Å². The van der Waals surface area contributed by atoms with E-state index in [2.05, 4.69) is 0 Å². The highest BCUT2D eigenvalue weighted by Crippen LogP contribution is 2.30. The van der Waals surface area contributed by atoms with Crippen molar-refractivity contribution in [3.8, 4) is 0 Å². The molecule has 1 aromatic carbocycles. The zero-order valence-electron chi connectivity index (χ0n) is 10.5. The molecule has 0 unspecified atom stereocenters. The number of rotatable bonds is 2. The van der Waals surface area contributed by atoms with Crippen molar-refractivity contribution in [2.45, 2.75) is 38.4 Å². The van der Waals surface area contributed by atoms with Gasteiger partial charge in [0.25, 0.3) is 0 Å². The molecule has 0 saturated heterocycles. The number of ether oxygens (including phenoxy) is 1. The first-order valence-corrected chi connectivity index (χ1v) is 6.01. The van der Waals surface area contributed by atoms with E-state index in [0.717, 1.165) is 5.56 Å². The Kier molecular flexibility index (Phi) is 3.22. The van der Waals surface area contributed by atoms with Gasteiger partial charge in [-0.05, 0) is 32.3 Å². The largest absolute Gasteiger partial charge is 0.460 e. The van der Waals surface area contributed by atoms with Crippen molar-refractivity contribution in [2.24, 2.45) is 0 Å². The predicted molar refractivity (Wildman–Crippen MR) is 65.3 cm³/mol. The molecule has 18 heavy (non-hydrogen) atoms. The van der Waals surface area contributed by atoms with Gasteiger partial charge in [-0.3, -0.25) is 4.79 Å². The molecule has 1 aromatic rings. The van der Waals surface area contributed by atoms with Crippen molar-refractivity contribution in [1.82, 2.24) is 0 Å². The van der Waals surface area contributed by atoms with Gasteiger partial charge in [0.15, 0.2) is 0 Å². The summed E-state index contributed by atoms with van der Waals surface area (Å²) in [4.78, 5) is 24.1. The maximum Gasteiger partial charge on any atom is 0.346 e. The van der Waals surface area contributed by atoms with Crippen molar-refractivity contribution in [2.75, 3.05) is 0 Å². The second-order valence-corrected chi connectivity index (χ2v) is 4.80. The first-order chi connectivity index (χ1) is 8.45. The second-order valence-electron chi connectivity index (χ2n) is 4.80. The van der Waals surface area contributed by atoms with Crippen LogP contribution in [0.1, 0.15) is 36.2 Å². The van der Waals surface area contributed by atoms with Crippen molar-refractivity contribution in [3.05, 3.63) is 35.4 Å². The van der Waals surface area contributed by atoms with Crippen LogP contribution in [0.4, 0.5) is 0 Å². The molecule has 1 N–H and O–H groups in total. The van der Waals surface area contributed by atoms with E-state index in [4.69, 9.17) is 4.74 Å². The summed E-state index contributed by atoms with van der Waals surface area (Å²) in [5.41, 5.74) is -0.755. The molecular formula is C14H16O4. The normalized spacial score (nSPS) is 22.8. The molecule has 0 fully saturated rings. The molecule has 1 atom stereocenters. The van der Waals surface area contributed by atoms with E-state index in [1.807, 2.05) is 12.1 Å². The van der Waals surface area contributed by atoms with Gasteiger partial charge in [-0.1, -0.05) is 24.3 Å². The molecule has 0 aliphatic heterocycles. The SMILES string of the molecule is CC(C)OC(=O)[C@]1(O)CCc2ccccc2C1=O. The highest BCUT2D eigenvalue weighted by atomic mass is 16.6. The summed E-state index contributed by atoms with van der Waals surface area (Å²) < 4.78 is 4.97. The summed E-state index contributed by atoms with van der Waals surface area (Å²) in [7, 11) is 0. The molecule has 1 aliphatic rings. The van der Waals surface area contributed by atoms with Gasteiger partial charge in [-0.2, -0.15) is 0 Å². The number of ketones is 1. The third-order valence-electron chi connectivity index (χ3n) is 3.07.